The van der Waals surface area contributed by atoms with Gasteiger partial charge in [0.05, 0.1) is 5.33 Å². The van der Waals surface area contributed by atoms with Gasteiger partial charge in [-0.2, -0.15) is 22.0 Å². The van der Waals surface area contributed by atoms with Crippen LogP contribution in [0.4, 0.5) is 22.0 Å². The Kier molecular flexibility index (Phi) is 5.12. The molecule has 0 aliphatic carbocycles. The van der Waals surface area contributed by atoms with Crippen LogP contribution >= 0.6 is 15.9 Å². The normalized spacial score (nSPS) is 19.5. The molecule has 1 aliphatic heterocycles. The summed E-state index contributed by atoms with van der Waals surface area (Å²) in [7, 11) is 0. The molecule has 0 radical (unpaired) electrons. The summed E-state index contributed by atoms with van der Waals surface area (Å²) in [4.78, 5) is 23.0. The molecule has 4 nitrogen and oxygen atoms in total. The van der Waals surface area contributed by atoms with Crippen LogP contribution in [-0.4, -0.2) is 47.9 Å². The first-order valence-electron chi connectivity index (χ1n) is 5.51. The largest absolute Gasteiger partial charge is 0.463 e. The van der Waals surface area contributed by atoms with Crippen LogP contribution < -0.4 is 5.32 Å². The number of carbonyl (C=O) groups is 2. The van der Waals surface area contributed by atoms with Crippen molar-refractivity contribution in [1.29, 1.82) is 0 Å². The van der Waals surface area contributed by atoms with Gasteiger partial charge in [0.1, 0.15) is 5.54 Å². The maximum Gasteiger partial charge on any atom is 0.463 e. The molecule has 0 aromatic carbocycles. The van der Waals surface area contributed by atoms with Crippen LogP contribution in [0.2, 0.25) is 0 Å². The zero-order valence-electron chi connectivity index (χ0n) is 10.0. The smallest absolute Gasteiger partial charge is 0.381 e. The third-order valence-corrected chi connectivity index (χ3v) is 3.50. The number of halogens is 6. The van der Waals surface area contributed by atoms with Crippen LogP contribution in [0.25, 0.3) is 0 Å². The van der Waals surface area contributed by atoms with E-state index in [-0.39, 0.29) is 31.4 Å². The van der Waals surface area contributed by atoms with Gasteiger partial charge >= 0.3 is 18.0 Å². The van der Waals surface area contributed by atoms with E-state index in [4.69, 9.17) is 4.74 Å². The fourth-order valence-corrected chi connectivity index (χ4v) is 2.28. The second-order valence-corrected chi connectivity index (χ2v) is 4.84. The Morgan fingerprint density at radius 1 is 1.15 bits per heavy atom. The summed E-state index contributed by atoms with van der Waals surface area (Å²) in [6.07, 6.45) is -6.32. The van der Waals surface area contributed by atoms with E-state index < -0.39 is 29.3 Å². The molecule has 0 aromatic heterocycles. The lowest BCUT2D eigenvalue weighted by molar-refractivity contribution is -0.270. The zero-order chi connectivity index (χ0) is 15.6. The molecular formula is C10H11BrF5NO3. The van der Waals surface area contributed by atoms with Gasteiger partial charge in [-0.25, -0.2) is 0 Å². The maximum atomic E-state index is 12.9. The predicted molar refractivity (Wildman–Crippen MR) is 60.7 cm³/mol. The highest BCUT2D eigenvalue weighted by molar-refractivity contribution is 9.09. The highest BCUT2D eigenvalue weighted by Crippen LogP contribution is 2.36. The van der Waals surface area contributed by atoms with Crippen LogP contribution in [0.3, 0.4) is 0 Å². The van der Waals surface area contributed by atoms with Gasteiger partial charge in [-0.3, -0.25) is 9.59 Å². The fraction of sp³-hybridized carbons (Fsp3) is 0.800. The standard InChI is InChI=1S/C10H11BrF5NO3/c11-5-6(18)8(1-3-20-4-2-8)17-7(19)9(12,13)10(14,15)16/h1-5H2,(H,17,19). The molecule has 1 heterocycles. The van der Waals surface area contributed by atoms with Crippen molar-refractivity contribution >= 4 is 27.6 Å². The third-order valence-electron chi connectivity index (χ3n) is 3.00. The van der Waals surface area contributed by atoms with Crippen LogP contribution in [0.1, 0.15) is 12.8 Å². The molecule has 0 saturated carbocycles. The number of amides is 1. The van der Waals surface area contributed by atoms with E-state index in [0.717, 1.165) is 0 Å². The maximum absolute atomic E-state index is 12.9. The molecule has 20 heavy (non-hydrogen) atoms. The number of rotatable bonds is 4. The van der Waals surface area contributed by atoms with E-state index >= 15 is 0 Å². The highest BCUT2D eigenvalue weighted by Gasteiger charge is 2.64. The van der Waals surface area contributed by atoms with Crippen molar-refractivity contribution in [3.05, 3.63) is 0 Å². The average Bonchev–Trinajstić information content (AvgIpc) is 2.37. The molecule has 1 rings (SSSR count). The van der Waals surface area contributed by atoms with Crippen LogP contribution in [0, 0.1) is 0 Å². The number of Topliss-reactive ketones (excluding diaryl/α,β-unsaturated/α-hetero) is 1. The van der Waals surface area contributed by atoms with Crippen molar-refractivity contribution < 1.29 is 36.3 Å². The van der Waals surface area contributed by atoms with Gasteiger partial charge in [0.2, 0.25) is 0 Å². The topological polar surface area (TPSA) is 55.4 Å². The SMILES string of the molecule is O=C(CBr)C1(NC(=O)C(F)(F)C(F)(F)F)CCOCC1. The summed E-state index contributed by atoms with van der Waals surface area (Å²) < 4.78 is 67.1. The monoisotopic (exact) mass is 367 g/mol. The summed E-state index contributed by atoms with van der Waals surface area (Å²) in [5, 5.41) is 1.29. The van der Waals surface area contributed by atoms with Gasteiger partial charge in [0.15, 0.2) is 5.78 Å². The molecule has 1 N–H and O–H groups in total. The van der Waals surface area contributed by atoms with Crippen molar-refractivity contribution in [2.24, 2.45) is 0 Å². The molecule has 0 unspecified atom stereocenters. The van der Waals surface area contributed by atoms with E-state index in [0.29, 0.717) is 0 Å². The van der Waals surface area contributed by atoms with Crippen LogP contribution in [0.15, 0.2) is 0 Å². The van der Waals surface area contributed by atoms with Gasteiger partial charge < -0.3 is 10.1 Å². The summed E-state index contributed by atoms with van der Waals surface area (Å²) in [6, 6.07) is 0. The summed E-state index contributed by atoms with van der Waals surface area (Å²) in [6.45, 7) is -0.0345. The number of nitrogens with one attached hydrogen (secondary N) is 1. The van der Waals surface area contributed by atoms with E-state index in [9.17, 15) is 31.5 Å². The van der Waals surface area contributed by atoms with Crippen LogP contribution in [-0.2, 0) is 14.3 Å². The number of carbonyl (C=O) groups excluding carboxylic acids is 2. The Labute approximate surface area is 119 Å². The van der Waals surface area contributed by atoms with Crippen LogP contribution in [0.5, 0.6) is 0 Å². The number of alkyl halides is 6. The predicted octanol–water partition coefficient (Wildman–Crippen LogP) is 1.81. The fourth-order valence-electron chi connectivity index (χ4n) is 1.75. The molecule has 0 aromatic rings. The second-order valence-electron chi connectivity index (χ2n) is 4.28. The molecular weight excluding hydrogens is 357 g/mol. The molecule has 116 valence electrons. The minimum Gasteiger partial charge on any atom is -0.381 e. The van der Waals surface area contributed by atoms with Crippen molar-refractivity contribution in [2.45, 2.75) is 30.5 Å². The van der Waals surface area contributed by atoms with E-state index in [1.165, 1.54) is 0 Å². The zero-order valence-corrected chi connectivity index (χ0v) is 11.6. The number of ketones is 1. The molecule has 1 aliphatic rings. The van der Waals surface area contributed by atoms with Gasteiger partial charge in [0.25, 0.3) is 0 Å². The van der Waals surface area contributed by atoms with Crippen molar-refractivity contribution in [3.63, 3.8) is 0 Å². The summed E-state index contributed by atoms with van der Waals surface area (Å²) >= 11 is 2.81. The average molecular weight is 368 g/mol. The molecule has 1 saturated heterocycles. The quantitative estimate of drug-likeness (QED) is 0.609. The number of ether oxygens (including phenoxy) is 1. The van der Waals surface area contributed by atoms with E-state index in [1.807, 2.05) is 0 Å². The first-order valence-corrected chi connectivity index (χ1v) is 6.63. The lowest BCUT2D eigenvalue weighted by Crippen LogP contribution is -2.63. The third kappa shape index (κ3) is 3.27. The molecule has 1 amide bonds. The van der Waals surface area contributed by atoms with Crippen molar-refractivity contribution in [1.82, 2.24) is 5.32 Å². The lowest BCUT2D eigenvalue weighted by atomic mass is 9.86. The molecule has 1 fully saturated rings. The minimum absolute atomic E-state index is 0.0173. The number of hydrogen-bond donors (Lipinski definition) is 1. The summed E-state index contributed by atoms with van der Waals surface area (Å²) in [5.74, 6) is -8.75. The van der Waals surface area contributed by atoms with Gasteiger partial charge in [-0.1, -0.05) is 15.9 Å². The minimum atomic E-state index is -6.01. The van der Waals surface area contributed by atoms with Gasteiger partial charge in [-0.15, -0.1) is 0 Å². The Hall–Kier alpha value is -0.770. The Balaban J connectivity index is 2.96. The Morgan fingerprint density at radius 2 is 1.65 bits per heavy atom. The van der Waals surface area contributed by atoms with Crippen molar-refractivity contribution in [2.75, 3.05) is 18.5 Å². The Bertz CT molecular complexity index is 393. The molecule has 10 heteroatoms. The molecule has 0 atom stereocenters. The first-order chi connectivity index (χ1) is 9.07. The van der Waals surface area contributed by atoms with E-state index in [2.05, 4.69) is 15.9 Å². The van der Waals surface area contributed by atoms with Gasteiger partial charge in [-0.05, 0) is 0 Å². The van der Waals surface area contributed by atoms with E-state index in [1.54, 1.807) is 5.32 Å². The Morgan fingerprint density at radius 3 is 2.05 bits per heavy atom. The lowest BCUT2D eigenvalue weighted by Gasteiger charge is -2.37. The molecule has 0 spiro atoms. The first kappa shape index (κ1) is 17.3. The summed E-state index contributed by atoms with van der Waals surface area (Å²) in [5.41, 5.74) is -1.76. The number of hydrogen-bond acceptors (Lipinski definition) is 3. The van der Waals surface area contributed by atoms with Crippen molar-refractivity contribution in [3.8, 4) is 0 Å². The van der Waals surface area contributed by atoms with Gasteiger partial charge in [0, 0.05) is 26.1 Å². The second kappa shape index (κ2) is 5.92. The molecule has 0 bridgehead atoms. The highest BCUT2D eigenvalue weighted by atomic mass is 79.9.